The Bertz CT molecular complexity index is 358. The van der Waals surface area contributed by atoms with Crippen LogP contribution in [-0.2, 0) is 19.1 Å². The predicted octanol–water partition coefficient (Wildman–Crippen LogP) is 1.13. The third-order valence-electron chi connectivity index (χ3n) is 2.35. The van der Waals surface area contributed by atoms with Crippen LogP contribution in [0.15, 0.2) is 0 Å². The second kappa shape index (κ2) is 5.37. The molecule has 0 spiro atoms. The van der Waals surface area contributed by atoms with Crippen LogP contribution in [0.4, 0.5) is 4.79 Å². The molecule has 1 amide bonds. The lowest BCUT2D eigenvalue weighted by molar-refractivity contribution is -0.150. The zero-order valence-electron chi connectivity index (χ0n) is 11.2. The summed E-state index contributed by atoms with van der Waals surface area (Å²) in [6.07, 6.45) is -0.505. The van der Waals surface area contributed by atoms with Crippen LogP contribution in [0.1, 0.15) is 34.1 Å². The molecule has 0 unspecified atom stereocenters. The minimum atomic E-state index is -1.15. The number of esters is 1. The molecule has 1 saturated heterocycles. The first kappa shape index (κ1) is 14.5. The summed E-state index contributed by atoms with van der Waals surface area (Å²) in [5, 5.41) is 0. The zero-order chi connectivity index (χ0) is 13.9. The highest BCUT2D eigenvalue weighted by molar-refractivity contribution is 6.07. The maximum absolute atomic E-state index is 11.9. The van der Waals surface area contributed by atoms with Crippen molar-refractivity contribution in [1.82, 2.24) is 4.90 Å². The van der Waals surface area contributed by atoms with Crippen molar-refractivity contribution in [1.29, 1.82) is 0 Å². The number of hydrogen-bond acceptors (Lipinski definition) is 5. The molecular formula is C12H19NO5. The van der Waals surface area contributed by atoms with Crippen LogP contribution < -0.4 is 0 Å². The summed E-state index contributed by atoms with van der Waals surface area (Å²) in [7, 11) is 0. The Morgan fingerprint density at radius 2 is 2.00 bits per heavy atom. The molecule has 6 nitrogen and oxygen atoms in total. The predicted molar refractivity (Wildman–Crippen MR) is 63.0 cm³/mol. The van der Waals surface area contributed by atoms with E-state index in [1.165, 1.54) is 0 Å². The van der Waals surface area contributed by atoms with Gasteiger partial charge in [-0.25, -0.2) is 9.59 Å². The molecule has 102 valence electrons. The number of Topliss-reactive ketones (excluding diaryl/α,β-unsaturated/α-hetero) is 1. The zero-order valence-corrected chi connectivity index (χ0v) is 11.2. The molecule has 0 N–H and O–H groups in total. The second-order valence-electron chi connectivity index (χ2n) is 5.04. The fourth-order valence-corrected chi connectivity index (χ4v) is 1.67. The van der Waals surface area contributed by atoms with E-state index in [0.29, 0.717) is 0 Å². The molecule has 1 atom stereocenters. The van der Waals surface area contributed by atoms with Gasteiger partial charge in [-0.05, 0) is 27.7 Å². The van der Waals surface area contributed by atoms with E-state index in [1.54, 1.807) is 27.7 Å². The standard InChI is InChI=1S/C12H19NO5/c1-5-17-10(15)9-8(14)6-7-13(9)11(16)18-12(2,3)4/h9H,5-7H2,1-4H3/t9-/m1/s1. The SMILES string of the molecule is CCOC(=O)[C@H]1C(=O)CCN1C(=O)OC(C)(C)C. The van der Waals surface area contributed by atoms with Gasteiger partial charge in [-0.1, -0.05) is 0 Å². The van der Waals surface area contributed by atoms with E-state index in [-0.39, 0.29) is 25.4 Å². The molecule has 0 aromatic rings. The van der Waals surface area contributed by atoms with Crippen molar-refractivity contribution in [3.63, 3.8) is 0 Å². The van der Waals surface area contributed by atoms with Crippen molar-refractivity contribution < 1.29 is 23.9 Å². The number of carbonyl (C=O) groups excluding carboxylic acids is 3. The second-order valence-corrected chi connectivity index (χ2v) is 5.04. The van der Waals surface area contributed by atoms with Gasteiger partial charge in [0.2, 0.25) is 0 Å². The van der Waals surface area contributed by atoms with Gasteiger partial charge in [0.25, 0.3) is 0 Å². The molecule has 6 heteroatoms. The molecule has 0 aliphatic carbocycles. The summed E-state index contributed by atoms with van der Waals surface area (Å²) in [5.41, 5.74) is -0.665. The number of likely N-dealkylation sites (tertiary alicyclic amines) is 1. The van der Waals surface area contributed by atoms with Gasteiger partial charge >= 0.3 is 12.1 Å². The van der Waals surface area contributed by atoms with Crippen LogP contribution >= 0.6 is 0 Å². The number of ketones is 1. The van der Waals surface area contributed by atoms with Crippen molar-refractivity contribution in [3.05, 3.63) is 0 Å². The number of carbonyl (C=O) groups is 3. The summed E-state index contributed by atoms with van der Waals surface area (Å²) >= 11 is 0. The monoisotopic (exact) mass is 257 g/mol. The van der Waals surface area contributed by atoms with Gasteiger partial charge in [0.05, 0.1) is 6.61 Å². The Kier molecular flexibility index (Phi) is 4.32. The highest BCUT2D eigenvalue weighted by Gasteiger charge is 2.43. The summed E-state index contributed by atoms with van der Waals surface area (Å²) in [6, 6.07) is -1.15. The minimum absolute atomic E-state index is 0.155. The molecular weight excluding hydrogens is 238 g/mol. The Balaban J connectivity index is 2.78. The quantitative estimate of drug-likeness (QED) is 0.547. The first-order chi connectivity index (χ1) is 8.26. The van der Waals surface area contributed by atoms with Crippen LogP contribution in [0.5, 0.6) is 0 Å². The van der Waals surface area contributed by atoms with E-state index in [4.69, 9.17) is 9.47 Å². The summed E-state index contributed by atoms with van der Waals surface area (Å²) in [6.45, 7) is 7.18. The molecule has 1 aliphatic rings. The first-order valence-electron chi connectivity index (χ1n) is 5.95. The number of amides is 1. The molecule has 0 aromatic heterocycles. The highest BCUT2D eigenvalue weighted by Crippen LogP contribution is 2.19. The van der Waals surface area contributed by atoms with Gasteiger partial charge in [-0.3, -0.25) is 9.69 Å². The number of ether oxygens (including phenoxy) is 2. The van der Waals surface area contributed by atoms with E-state index >= 15 is 0 Å². The van der Waals surface area contributed by atoms with Gasteiger partial charge in [0.1, 0.15) is 5.60 Å². The van der Waals surface area contributed by atoms with Crippen LogP contribution in [0.25, 0.3) is 0 Å². The Hall–Kier alpha value is -1.59. The third kappa shape index (κ3) is 3.45. The van der Waals surface area contributed by atoms with Gasteiger partial charge in [0, 0.05) is 13.0 Å². The van der Waals surface area contributed by atoms with Gasteiger partial charge in [-0.2, -0.15) is 0 Å². The minimum Gasteiger partial charge on any atom is -0.464 e. The molecule has 1 heterocycles. The lowest BCUT2D eigenvalue weighted by Crippen LogP contribution is -2.46. The summed E-state index contributed by atoms with van der Waals surface area (Å²) in [4.78, 5) is 36.3. The van der Waals surface area contributed by atoms with E-state index in [9.17, 15) is 14.4 Å². The van der Waals surface area contributed by atoms with Gasteiger partial charge in [0.15, 0.2) is 11.8 Å². The van der Waals surface area contributed by atoms with E-state index < -0.39 is 23.7 Å². The summed E-state index contributed by atoms with van der Waals surface area (Å²) in [5.74, 6) is -0.995. The fraction of sp³-hybridized carbons (Fsp3) is 0.750. The lowest BCUT2D eigenvalue weighted by atomic mass is 10.2. The average Bonchev–Trinajstić information content (AvgIpc) is 2.58. The van der Waals surface area contributed by atoms with E-state index in [0.717, 1.165) is 4.90 Å². The van der Waals surface area contributed by atoms with Crippen molar-refractivity contribution in [2.75, 3.05) is 13.2 Å². The Labute approximate surface area is 106 Å². The van der Waals surface area contributed by atoms with Crippen molar-refractivity contribution in [2.45, 2.75) is 45.8 Å². The highest BCUT2D eigenvalue weighted by atomic mass is 16.6. The normalized spacial score (nSPS) is 19.9. The Morgan fingerprint density at radius 1 is 1.39 bits per heavy atom. The molecule has 1 aliphatic heterocycles. The van der Waals surface area contributed by atoms with Gasteiger partial charge in [-0.15, -0.1) is 0 Å². The number of rotatable bonds is 2. The average molecular weight is 257 g/mol. The molecule has 1 fully saturated rings. The summed E-state index contributed by atoms with van der Waals surface area (Å²) < 4.78 is 9.95. The van der Waals surface area contributed by atoms with Gasteiger partial charge < -0.3 is 9.47 Å². The topological polar surface area (TPSA) is 72.9 Å². The maximum atomic E-state index is 11.9. The number of hydrogen-bond donors (Lipinski definition) is 0. The van der Waals surface area contributed by atoms with Crippen LogP contribution in [0, 0.1) is 0 Å². The molecule has 18 heavy (non-hydrogen) atoms. The Morgan fingerprint density at radius 3 is 2.50 bits per heavy atom. The van der Waals surface area contributed by atoms with Crippen molar-refractivity contribution in [3.8, 4) is 0 Å². The van der Waals surface area contributed by atoms with Crippen LogP contribution in [0.2, 0.25) is 0 Å². The third-order valence-corrected chi connectivity index (χ3v) is 2.35. The first-order valence-corrected chi connectivity index (χ1v) is 5.95. The maximum Gasteiger partial charge on any atom is 0.411 e. The fourth-order valence-electron chi connectivity index (χ4n) is 1.67. The lowest BCUT2D eigenvalue weighted by Gasteiger charge is -2.26. The molecule has 0 saturated carbocycles. The van der Waals surface area contributed by atoms with Crippen molar-refractivity contribution >= 4 is 17.8 Å². The molecule has 0 aromatic carbocycles. The van der Waals surface area contributed by atoms with E-state index in [1.807, 2.05) is 0 Å². The van der Waals surface area contributed by atoms with E-state index in [2.05, 4.69) is 0 Å². The van der Waals surface area contributed by atoms with Crippen molar-refractivity contribution in [2.24, 2.45) is 0 Å². The molecule has 1 rings (SSSR count). The molecule has 0 bridgehead atoms. The largest absolute Gasteiger partial charge is 0.464 e. The molecule has 0 radical (unpaired) electrons. The van der Waals surface area contributed by atoms with Crippen LogP contribution in [0.3, 0.4) is 0 Å². The number of nitrogens with zero attached hydrogens (tertiary/aromatic N) is 1. The van der Waals surface area contributed by atoms with Crippen LogP contribution in [-0.4, -0.2) is 47.5 Å². The smallest absolute Gasteiger partial charge is 0.411 e.